The van der Waals surface area contributed by atoms with E-state index < -0.39 is 0 Å². The molecule has 2 rings (SSSR count). The van der Waals surface area contributed by atoms with E-state index in [1.165, 1.54) is 0 Å². The molecule has 3 N–H and O–H groups in total. The van der Waals surface area contributed by atoms with Crippen LogP contribution in [0.5, 0.6) is 0 Å². The maximum Gasteiger partial charge on any atom is 0.144 e. The maximum atomic E-state index is 5.47. The van der Waals surface area contributed by atoms with Crippen molar-refractivity contribution < 1.29 is 0 Å². The first-order chi connectivity index (χ1) is 7.76. The van der Waals surface area contributed by atoms with Crippen molar-refractivity contribution in [1.29, 1.82) is 0 Å². The van der Waals surface area contributed by atoms with E-state index in [0.717, 1.165) is 5.82 Å². The smallest absolute Gasteiger partial charge is 0.144 e. The van der Waals surface area contributed by atoms with Crippen molar-refractivity contribution >= 4 is 23.0 Å². The van der Waals surface area contributed by atoms with Crippen LogP contribution in [0.25, 0.3) is 0 Å². The molecule has 1 heterocycles. The molecule has 1 aromatic heterocycles. The van der Waals surface area contributed by atoms with Crippen LogP contribution in [0.15, 0.2) is 12.4 Å². The van der Waals surface area contributed by atoms with Gasteiger partial charge in [0.1, 0.15) is 16.5 Å². The molecule has 0 spiro atoms. The summed E-state index contributed by atoms with van der Waals surface area (Å²) in [6, 6.07) is 0.417. The normalized spacial score (nSPS) is 20.9. The average molecular weight is 250 g/mol. The molecular formula is C12H18N4S. The Morgan fingerprint density at radius 2 is 1.82 bits per heavy atom. The number of nitrogens with zero attached hydrogens (tertiary/aromatic N) is 2. The summed E-state index contributed by atoms with van der Waals surface area (Å²) in [6.07, 6.45) is 3.28. The van der Waals surface area contributed by atoms with E-state index >= 15 is 0 Å². The molecule has 1 aliphatic rings. The molecule has 0 aliphatic heterocycles. The van der Waals surface area contributed by atoms with E-state index in [1.54, 1.807) is 12.4 Å². The highest BCUT2D eigenvalue weighted by Gasteiger charge is 2.65. The quantitative estimate of drug-likeness (QED) is 0.803. The van der Waals surface area contributed by atoms with Crippen molar-refractivity contribution in [3.05, 3.63) is 18.1 Å². The first-order valence-electron chi connectivity index (χ1n) is 5.65. The first-order valence-corrected chi connectivity index (χ1v) is 6.06. The maximum absolute atomic E-state index is 5.47. The Morgan fingerprint density at radius 1 is 1.24 bits per heavy atom. The van der Waals surface area contributed by atoms with E-state index in [0.29, 0.717) is 11.7 Å². The predicted molar refractivity (Wildman–Crippen MR) is 72.9 cm³/mol. The minimum atomic E-state index is 0.274. The molecule has 4 nitrogen and oxygen atoms in total. The molecule has 0 saturated heterocycles. The highest BCUT2D eigenvalue weighted by Crippen LogP contribution is 2.63. The number of rotatable bonds is 3. The van der Waals surface area contributed by atoms with Crippen LogP contribution >= 0.6 is 12.2 Å². The molecule has 0 bridgehead atoms. The topological polar surface area (TPSA) is 63.8 Å². The van der Waals surface area contributed by atoms with E-state index in [2.05, 4.69) is 43.0 Å². The lowest BCUT2D eigenvalue weighted by molar-refractivity contribution is 0.457. The van der Waals surface area contributed by atoms with Crippen molar-refractivity contribution in [2.24, 2.45) is 16.6 Å². The fourth-order valence-electron chi connectivity index (χ4n) is 2.23. The lowest BCUT2D eigenvalue weighted by atomic mass is 10.0. The van der Waals surface area contributed by atoms with E-state index in [9.17, 15) is 0 Å². The summed E-state index contributed by atoms with van der Waals surface area (Å²) in [4.78, 5) is 8.71. The van der Waals surface area contributed by atoms with Gasteiger partial charge in [0.2, 0.25) is 0 Å². The fraction of sp³-hybridized carbons (Fsp3) is 0.583. The first kappa shape index (κ1) is 12.2. The summed E-state index contributed by atoms with van der Waals surface area (Å²) < 4.78 is 0. The van der Waals surface area contributed by atoms with Gasteiger partial charge in [0.15, 0.2) is 0 Å². The van der Waals surface area contributed by atoms with Crippen molar-refractivity contribution in [1.82, 2.24) is 9.97 Å². The van der Waals surface area contributed by atoms with Crippen LogP contribution in [0.2, 0.25) is 0 Å². The van der Waals surface area contributed by atoms with Crippen LogP contribution in [0.4, 0.5) is 5.82 Å². The van der Waals surface area contributed by atoms with Crippen molar-refractivity contribution in [3.63, 3.8) is 0 Å². The SMILES string of the molecule is CC1(C)C(Nc2cnc(C(N)=S)cn2)C1(C)C. The van der Waals surface area contributed by atoms with Gasteiger partial charge in [0, 0.05) is 6.04 Å². The number of anilines is 1. The Bertz CT molecular complexity index is 436. The minimum Gasteiger partial charge on any atom is -0.388 e. The number of aromatic nitrogens is 2. The third kappa shape index (κ3) is 1.88. The van der Waals surface area contributed by atoms with Crippen molar-refractivity contribution in [3.8, 4) is 0 Å². The number of hydrogen-bond donors (Lipinski definition) is 2. The molecule has 5 heteroatoms. The molecule has 1 saturated carbocycles. The van der Waals surface area contributed by atoms with Crippen LogP contribution < -0.4 is 11.1 Å². The third-order valence-corrected chi connectivity index (χ3v) is 4.43. The third-order valence-electron chi connectivity index (χ3n) is 4.22. The summed E-state index contributed by atoms with van der Waals surface area (Å²) in [7, 11) is 0. The van der Waals surface area contributed by atoms with E-state index in [-0.39, 0.29) is 15.8 Å². The lowest BCUT2D eigenvalue weighted by Crippen LogP contribution is -2.15. The van der Waals surface area contributed by atoms with E-state index in [1.807, 2.05) is 0 Å². The van der Waals surface area contributed by atoms with Gasteiger partial charge in [0.05, 0.1) is 12.4 Å². The molecule has 0 unspecified atom stereocenters. The zero-order chi connectivity index (χ0) is 12.8. The van der Waals surface area contributed by atoms with Gasteiger partial charge in [-0.25, -0.2) is 9.97 Å². The summed E-state index contributed by atoms with van der Waals surface area (Å²) in [5.41, 5.74) is 6.58. The molecule has 0 atom stereocenters. The number of thiocarbonyl (C=S) groups is 1. The summed E-state index contributed by atoms with van der Waals surface area (Å²) >= 11 is 4.83. The van der Waals surface area contributed by atoms with Gasteiger partial charge in [-0.05, 0) is 10.8 Å². The number of nitrogens with one attached hydrogen (secondary N) is 1. The van der Waals surface area contributed by atoms with Crippen LogP contribution in [-0.2, 0) is 0 Å². The Labute approximate surface area is 107 Å². The average Bonchev–Trinajstić information content (AvgIpc) is 2.62. The Hall–Kier alpha value is -1.23. The molecule has 0 radical (unpaired) electrons. The Balaban J connectivity index is 2.09. The van der Waals surface area contributed by atoms with Crippen LogP contribution in [-0.4, -0.2) is 21.0 Å². The van der Waals surface area contributed by atoms with Gasteiger partial charge in [0.25, 0.3) is 0 Å². The highest BCUT2D eigenvalue weighted by molar-refractivity contribution is 7.80. The van der Waals surface area contributed by atoms with Crippen LogP contribution in [0.1, 0.15) is 33.4 Å². The van der Waals surface area contributed by atoms with Crippen LogP contribution in [0.3, 0.4) is 0 Å². The summed E-state index contributed by atoms with van der Waals surface area (Å²) in [6.45, 7) is 9.01. The fourth-order valence-corrected chi connectivity index (χ4v) is 2.34. The summed E-state index contributed by atoms with van der Waals surface area (Å²) in [5, 5.41) is 3.40. The molecule has 1 aromatic rings. The zero-order valence-corrected chi connectivity index (χ0v) is 11.4. The number of hydrogen-bond acceptors (Lipinski definition) is 4. The molecule has 0 amide bonds. The van der Waals surface area contributed by atoms with Gasteiger partial charge >= 0.3 is 0 Å². The van der Waals surface area contributed by atoms with Crippen LogP contribution in [0, 0.1) is 10.8 Å². The standard InChI is InChI=1S/C12H18N4S/c1-11(2)10(12(11,3)4)16-8-6-14-7(5-15-8)9(13)17/h5-6,10H,1-4H3,(H2,13,17)(H,15,16). The molecular weight excluding hydrogens is 232 g/mol. The largest absolute Gasteiger partial charge is 0.388 e. The van der Waals surface area contributed by atoms with Crippen molar-refractivity contribution in [2.75, 3.05) is 5.32 Å². The van der Waals surface area contributed by atoms with Gasteiger partial charge in [-0.3, -0.25) is 0 Å². The molecule has 1 aliphatic carbocycles. The molecule has 1 fully saturated rings. The van der Waals surface area contributed by atoms with Gasteiger partial charge in [-0.1, -0.05) is 39.9 Å². The molecule has 0 aromatic carbocycles. The second kappa shape index (κ2) is 3.63. The van der Waals surface area contributed by atoms with Gasteiger partial charge in [-0.2, -0.15) is 0 Å². The molecule has 17 heavy (non-hydrogen) atoms. The van der Waals surface area contributed by atoms with E-state index in [4.69, 9.17) is 18.0 Å². The number of nitrogens with two attached hydrogens (primary N) is 1. The monoisotopic (exact) mass is 250 g/mol. The second-order valence-corrected chi connectivity index (χ2v) is 6.11. The Kier molecular flexibility index (Phi) is 2.61. The highest BCUT2D eigenvalue weighted by atomic mass is 32.1. The van der Waals surface area contributed by atoms with Crippen molar-refractivity contribution in [2.45, 2.75) is 33.7 Å². The Morgan fingerprint density at radius 3 is 2.18 bits per heavy atom. The summed E-state index contributed by atoms with van der Waals surface area (Å²) in [5.74, 6) is 0.772. The minimum absolute atomic E-state index is 0.274. The lowest BCUT2D eigenvalue weighted by Gasteiger charge is -2.07. The molecule has 92 valence electrons. The van der Waals surface area contributed by atoms with Gasteiger partial charge in [-0.15, -0.1) is 0 Å². The van der Waals surface area contributed by atoms with Gasteiger partial charge < -0.3 is 11.1 Å². The second-order valence-electron chi connectivity index (χ2n) is 5.67. The predicted octanol–water partition coefficient (Wildman–Crippen LogP) is 1.96. The zero-order valence-electron chi connectivity index (χ0n) is 10.6.